The van der Waals surface area contributed by atoms with Crippen LogP contribution in [-0.2, 0) is 4.79 Å². The molecule has 1 aromatic heterocycles. The molecular weight excluding hydrogens is 342 g/mol. The van der Waals surface area contributed by atoms with E-state index in [9.17, 15) is 14.4 Å². The number of benzene rings is 3. The molecule has 0 saturated heterocycles. The zero-order chi connectivity index (χ0) is 19.0. The van der Waals surface area contributed by atoms with Crippen LogP contribution in [0.25, 0.3) is 27.2 Å². The molecule has 0 amide bonds. The Morgan fingerprint density at radius 1 is 0.704 bits per heavy atom. The largest absolute Gasteiger partial charge is 0.424 e. The van der Waals surface area contributed by atoms with Gasteiger partial charge in [-0.25, -0.2) is 4.57 Å². The molecule has 5 heteroatoms. The third-order valence-electron chi connectivity index (χ3n) is 4.37. The fourth-order valence-electron chi connectivity index (χ4n) is 3.24. The van der Waals surface area contributed by atoms with Gasteiger partial charge in [0.05, 0.1) is 5.69 Å². The van der Waals surface area contributed by atoms with Crippen LogP contribution in [-0.4, -0.2) is 10.5 Å². The number of aromatic nitrogens is 1. The van der Waals surface area contributed by atoms with Crippen molar-refractivity contribution >= 4 is 27.5 Å². The Balaban J connectivity index is 2.26. The van der Waals surface area contributed by atoms with Gasteiger partial charge in [-0.05, 0) is 35.0 Å². The fraction of sp³-hybridized carbons (Fsp3) is 0.0455. The van der Waals surface area contributed by atoms with Crippen molar-refractivity contribution in [3.8, 4) is 11.4 Å². The molecule has 0 unspecified atom stereocenters. The number of esters is 1. The van der Waals surface area contributed by atoms with Gasteiger partial charge in [0, 0.05) is 17.7 Å². The first-order valence-corrected chi connectivity index (χ1v) is 8.42. The minimum Gasteiger partial charge on any atom is -0.424 e. The zero-order valence-corrected chi connectivity index (χ0v) is 14.5. The Morgan fingerprint density at radius 3 is 1.67 bits per heavy atom. The lowest BCUT2D eigenvalue weighted by molar-refractivity contribution is -0.131. The average molecular weight is 357 g/mol. The Kier molecular flexibility index (Phi) is 4.05. The number of fused-ring (bicyclic) bond motifs is 3. The molecule has 0 aliphatic carbocycles. The number of rotatable bonds is 2. The van der Waals surface area contributed by atoms with Crippen LogP contribution in [0.15, 0.2) is 82.4 Å². The predicted octanol–water partition coefficient (Wildman–Crippen LogP) is 3.43. The van der Waals surface area contributed by atoms with Crippen LogP contribution in [0.1, 0.15) is 6.92 Å². The van der Waals surface area contributed by atoms with Gasteiger partial charge < -0.3 is 4.74 Å². The summed E-state index contributed by atoms with van der Waals surface area (Å²) < 4.78 is 6.30. The van der Waals surface area contributed by atoms with Crippen LogP contribution in [0.3, 0.4) is 0 Å². The zero-order valence-electron chi connectivity index (χ0n) is 14.5. The third-order valence-corrected chi connectivity index (χ3v) is 4.37. The summed E-state index contributed by atoms with van der Waals surface area (Å²) in [5.74, 6) is -0.374. The lowest BCUT2D eigenvalue weighted by Gasteiger charge is -2.09. The van der Waals surface area contributed by atoms with Crippen molar-refractivity contribution in [2.45, 2.75) is 6.92 Å². The van der Waals surface area contributed by atoms with Crippen LogP contribution in [0.2, 0.25) is 0 Å². The van der Waals surface area contributed by atoms with E-state index in [1.807, 2.05) is 24.3 Å². The van der Waals surface area contributed by atoms with Crippen LogP contribution < -0.4 is 15.9 Å². The van der Waals surface area contributed by atoms with Crippen LogP contribution >= 0.6 is 0 Å². The fourth-order valence-corrected chi connectivity index (χ4v) is 3.24. The molecular formula is C22H15NO4. The quantitative estimate of drug-likeness (QED) is 0.407. The lowest BCUT2D eigenvalue weighted by Crippen LogP contribution is -2.29. The molecule has 1 heterocycles. The predicted molar refractivity (Wildman–Crippen MR) is 105 cm³/mol. The maximum atomic E-state index is 13.3. The smallest absolute Gasteiger partial charge is 0.308 e. The van der Waals surface area contributed by atoms with Crippen molar-refractivity contribution in [3.05, 3.63) is 93.5 Å². The number of para-hydroxylation sites is 2. The maximum absolute atomic E-state index is 13.3. The van der Waals surface area contributed by atoms with Crippen molar-refractivity contribution < 1.29 is 9.53 Å². The molecule has 5 nitrogen and oxygen atoms in total. The highest BCUT2D eigenvalue weighted by Gasteiger charge is 2.15. The molecule has 3 aromatic carbocycles. The van der Waals surface area contributed by atoms with Crippen LogP contribution in [0.4, 0.5) is 0 Å². The second kappa shape index (κ2) is 6.53. The van der Waals surface area contributed by atoms with Gasteiger partial charge in [-0.15, -0.1) is 0 Å². The van der Waals surface area contributed by atoms with E-state index < -0.39 is 17.1 Å². The SMILES string of the molecule is CC(=O)Oc1ccccc1-n1c(=O)c2ccccc2c2ccccc2c1=O. The van der Waals surface area contributed by atoms with E-state index in [1.54, 1.807) is 48.5 Å². The molecule has 0 aliphatic heterocycles. The summed E-state index contributed by atoms with van der Waals surface area (Å²) in [6.45, 7) is 1.27. The van der Waals surface area contributed by atoms with Gasteiger partial charge in [-0.3, -0.25) is 14.4 Å². The first kappa shape index (κ1) is 16.7. The second-order valence-corrected chi connectivity index (χ2v) is 6.10. The topological polar surface area (TPSA) is 65.4 Å². The van der Waals surface area contributed by atoms with Gasteiger partial charge in [-0.2, -0.15) is 0 Å². The molecule has 4 rings (SSSR count). The van der Waals surface area contributed by atoms with Gasteiger partial charge in [0.2, 0.25) is 0 Å². The Bertz CT molecular complexity index is 1250. The highest BCUT2D eigenvalue weighted by atomic mass is 16.5. The Morgan fingerprint density at radius 2 is 1.15 bits per heavy atom. The molecule has 132 valence electrons. The van der Waals surface area contributed by atoms with Crippen molar-refractivity contribution in [1.82, 2.24) is 4.57 Å². The van der Waals surface area contributed by atoms with Crippen LogP contribution in [0, 0.1) is 0 Å². The van der Waals surface area contributed by atoms with E-state index in [0.29, 0.717) is 21.5 Å². The normalized spacial score (nSPS) is 10.9. The third kappa shape index (κ3) is 2.79. The van der Waals surface area contributed by atoms with E-state index in [1.165, 1.54) is 6.92 Å². The number of nitrogens with zero attached hydrogens (tertiary/aromatic N) is 1. The van der Waals surface area contributed by atoms with E-state index in [0.717, 1.165) is 4.57 Å². The highest BCUT2D eigenvalue weighted by molar-refractivity contribution is 6.05. The molecule has 0 fully saturated rings. The standard InChI is InChI=1S/C22H15NO4/c1-14(24)27-20-13-7-6-12-19(20)23-21(25)17-10-4-2-8-15(17)16-9-3-5-11-18(16)22(23)26/h2-13H,1H3. The minimum atomic E-state index is -0.530. The number of carbonyl (C=O) groups is 1. The van der Waals surface area contributed by atoms with Gasteiger partial charge in [0.1, 0.15) is 0 Å². The monoisotopic (exact) mass is 357 g/mol. The number of ether oxygens (including phenoxy) is 1. The first-order chi connectivity index (χ1) is 13.1. The number of hydrogen-bond donors (Lipinski definition) is 0. The summed E-state index contributed by atoms with van der Waals surface area (Å²) in [7, 11) is 0. The summed E-state index contributed by atoms with van der Waals surface area (Å²) in [6, 6.07) is 20.7. The molecule has 0 N–H and O–H groups in total. The minimum absolute atomic E-state index is 0.156. The summed E-state index contributed by atoms with van der Waals surface area (Å²) in [5, 5.41) is 2.21. The highest BCUT2D eigenvalue weighted by Crippen LogP contribution is 2.23. The van der Waals surface area contributed by atoms with E-state index in [-0.39, 0.29) is 11.4 Å². The number of carbonyl (C=O) groups excluding carboxylic acids is 1. The number of hydrogen-bond acceptors (Lipinski definition) is 4. The molecule has 0 radical (unpaired) electrons. The van der Waals surface area contributed by atoms with Crippen molar-refractivity contribution in [2.24, 2.45) is 0 Å². The van der Waals surface area contributed by atoms with Crippen molar-refractivity contribution in [3.63, 3.8) is 0 Å². The van der Waals surface area contributed by atoms with Crippen molar-refractivity contribution in [1.29, 1.82) is 0 Å². The summed E-state index contributed by atoms with van der Waals surface area (Å²) in [6.07, 6.45) is 0. The molecule has 0 saturated carbocycles. The van der Waals surface area contributed by atoms with Crippen LogP contribution in [0.5, 0.6) is 5.75 Å². The molecule has 0 spiro atoms. The van der Waals surface area contributed by atoms with Gasteiger partial charge in [0.25, 0.3) is 11.1 Å². The average Bonchev–Trinajstić information content (AvgIpc) is 2.77. The Hall–Kier alpha value is -3.73. The Labute approximate surface area is 154 Å². The summed E-state index contributed by atoms with van der Waals surface area (Å²) >= 11 is 0. The van der Waals surface area contributed by atoms with E-state index >= 15 is 0 Å². The van der Waals surface area contributed by atoms with E-state index in [4.69, 9.17) is 4.74 Å². The summed E-state index contributed by atoms with van der Waals surface area (Å²) in [4.78, 5) is 38.1. The second-order valence-electron chi connectivity index (χ2n) is 6.10. The maximum Gasteiger partial charge on any atom is 0.308 e. The first-order valence-electron chi connectivity index (χ1n) is 8.42. The lowest BCUT2D eigenvalue weighted by atomic mass is 10.1. The summed E-state index contributed by atoms with van der Waals surface area (Å²) in [5.41, 5.74) is -0.702. The molecule has 0 bridgehead atoms. The van der Waals surface area contributed by atoms with Crippen molar-refractivity contribution in [2.75, 3.05) is 0 Å². The van der Waals surface area contributed by atoms with Gasteiger partial charge in [-0.1, -0.05) is 48.5 Å². The van der Waals surface area contributed by atoms with Gasteiger partial charge >= 0.3 is 5.97 Å². The van der Waals surface area contributed by atoms with E-state index in [2.05, 4.69) is 0 Å². The molecule has 0 atom stereocenters. The molecule has 27 heavy (non-hydrogen) atoms. The molecule has 0 aliphatic rings. The van der Waals surface area contributed by atoms with Gasteiger partial charge in [0.15, 0.2) is 5.75 Å². The molecule has 4 aromatic rings.